The van der Waals surface area contributed by atoms with Gasteiger partial charge in [-0.1, -0.05) is 36.7 Å². The zero-order chi connectivity index (χ0) is 22.0. The topological polar surface area (TPSA) is 77.8 Å². The Labute approximate surface area is 185 Å². The molecule has 2 N–H and O–H groups in total. The molecule has 1 saturated heterocycles. The molecule has 3 aromatic rings. The third-order valence-electron chi connectivity index (χ3n) is 5.42. The van der Waals surface area contributed by atoms with Crippen molar-refractivity contribution in [1.82, 2.24) is 10.2 Å². The molecule has 0 bridgehead atoms. The van der Waals surface area contributed by atoms with Gasteiger partial charge in [-0.15, -0.1) is 0 Å². The Balaban J connectivity index is 1.46. The molecule has 8 heteroatoms. The summed E-state index contributed by atoms with van der Waals surface area (Å²) in [6.07, 6.45) is 0.755. The van der Waals surface area contributed by atoms with Crippen LogP contribution in [0.25, 0.3) is 11.0 Å². The number of furan rings is 1. The molecular weight excluding hydrogens is 416 g/mol. The number of carbonyl (C=O) groups is 2. The summed E-state index contributed by atoms with van der Waals surface area (Å²) in [7, 11) is 1.75. The molecule has 1 aliphatic rings. The van der Waals surface area contributed by atoms with Crippen molar-refractivity contribution in [1.29, 1.82) is 0 Å². The number of rotatable bonds is 5. The summed E-state index contributed by atoms with van der Waals surface area (Å²) in [5.74, 6) is 0.860. The van der Waals surface area contributed by atoms with Crippen molar-refractivity contribution in [3.63, 3.8) is 0 Å². The Morgan fingerprint density at radius 2 is 2.10 bits per heavy atom. The largest absolute Gasteiger partial charge is 0.461 e. The highest BCUT2D eigenvalue weighted by molar-refractivity contribution is 6.33. The van der Waals surface area contributed by atoms with E-state index >= 15 is 0 Å². The first-order valence-electron chi connectivity index (χ1n) is 10.3. The van der Waals surface area contributed by atoms with E-state index in [1.807, 2.05) is 42.2 Å². The second-order valence-electron chi connectivity index (χ2n) is 7.58. The van der Waals surface area contributed by atoms with Gasteiger partial charge in [-0.05, 0) is 24.3 Å². The van der Waals surface area contributed by atoms with Gasteiger partial charge < -0.3 is 24.9 Å². The highest BCUT2D eigenvalue weighted by Gasteiger charge is 2.20. The maximum atomic E-state index is 12.8. The van der Waals surface area contributed by atoms with Crippen molar-refractivity contribution in [2.24, 2.45) is 0 Å². The van der Waals surface area contributed by atoms with E-state index in [0.717, 1.165) is 34.4 Å². The average molecular weight is 441 g/mol. The minimum absolute atomic E-state index is 0.0282. The van der Waals surface area contributed by atoms with Crippen LogP contribution in [0.4, 0.5) is 16.2 Å². The molecule has 0 unspecified atom stereocenters. The van der Waals surface area contributed by atoms with Crippen molar-refractivity contribution < 1.29 is 14.0 Å². The Hall–Kier alpha value is -3.19. The van der Waals surface area contributed by atoms with Crippen LogP contribution in [-0.2, 0) is 17.8 Å². The van der Waals surface area contributed by atoms with E-state index in [2.05, 4.69) is 10.6 Å². The Kier molecular flexibility index (Phi) is 6.04. The molecule has 162 valence electrons. The number of carbonyl (C=O) groups excluding carboxylic acids is 2. The van der Waals surface area contributed by atoms with Crippen molar-refractivity contribution in [2.75, 3.05) is 36.9 Å². The zero-order valence-corrected chi connectivity index (χ0v) is 18.3. The molecule has 0 saturated carbocycles. The second-order valence-corrected chi connectivity index (χ2v) is 7.98. The highest BCUT2D eigenvalue weighted by atomic mass is 35.5. The van der Waals surface area contributed by atoms with Crippen LogP contribution in [0.1, 0.15) is 18.2 Å². The molecule has 1 fully saturated rings. The predicted octanol–water partition coefficient (Wildman–Crippen LogP) is 4.25. The van der Waals surface area contributed by atoms with Crippen LogP contribution >= 0.6 is 11.6 Å². The number of fused-ring (bicyclic) bond motifs is 1. The van der Waals surface area contributed by atoms with Gasteiger partial charge in [-0.3, -0.25) is 4.79 Å². The molecule has 4 rings (SSSR count). The van der Waals surface area contributed by atoms with E-state index in [9.17, 15) is 9.59 Å². The Morgan fingerprint density at radius 3 is 2.84 bits per heavy atom. The van der Waals surface area contributed by atoms with E-state index in [0.29, 0.717) is 30.3 Å². The maximum absolute atomic E-state index is 12.8. The van der Waals surface area contributed by atoms with Crippen molar-refractivity contribution >= 4 is 45.9 Å². The number of urea groups is 1. The number of aryl methyl sites for hydroxylation is 1. The van der Waals surface area contributed by atoms with Crippen LogP contribution in [0, 0.1) is 0 Å². The third kappa shape index (κ3) is 4.46. The minimum Gasteiger partial charge on any atom is -0.461 e. The molecule has 1 aromatic heterocycles. The van der Waals surface area contributed by atoms with Crippen molar-refractivity contribution in [3.8, 4) is 0 Å². The molecule has 2 aromatic carbocycles. The fraction of sp³-hybridized carbons (Fsp3) is 0.304. The molecule has 3 amide bonds. The molecular formula is C23H25ClN4O3. The first-order valence-corrected chi connectivity index (χ1v) is 10.7. The monoisotopic (exact) mass is 440 g/mol. The first-order chi connectivity index (χ1) is 15.0. The summed E-state index contributed by atoms with van der Waals surface area (Å²) in [5, 5.41) is 7.20. The van der Waals surface area contributed by atoms with Gasteiger partial charge in [0.1, 0.15) is 11.3 Å². The molecule has 31 heavy (non-hydrogen) atoms. The fourth-order valence-electron chi connectivity index (χ4n) is 3.82. The molecule has 0 radical (unpaired) electrons. The van der Waals surface area contributed by atoms with Gasteiger partial charge in [0, 0.05) is 43.2 Å². The van der Waals surface area contributed by atoms with Gasteiger partial charge in [0.25, 0.3) is 0 Å². The number of benzene rings is 2. The lowest BCUT2D eigenvalue weighted by molar-refractivity contribution is -0.120. The zero-order valence-electron chi connectivity index (χ0n) is 17.6. The summed E-state index contributed by atoms with van der Waals surface area (Å²) in [6, 6.07) is 12.9. The summed E-state index contributed by atoms with van der Waals surface area (Å²) in [4.78, 5) is 28.0. The lowest BCUT2D eigenvalue weighted by Gasteiger charge is -2.29. The highest BCUT2D eigenvalue weighted by Crippen LogP contribution is 2.30. The number of nitrogens with one attached hydrogen (secondary N) is 2. The molecule has 2 heterocycles. The van der Waals surface area contributed by atoms with Crippen LogP contribution in [0.5, 0.6) is 0 Å². The molecule has 0 spiro atoms. The summed E-state index contributed by atoms with van der Waals surface area (Å²) < 4.78 is 5.93. The number of piperazine rings is 1. The van der Waals surface area contributed by atoms with E-state index in [1.54, 1.807) is 24.1 Å². The normalized spacial score (nSPS) is 13.9. The average Bonchev–Trinajstić information content (AvgIpc) is 3.11. The van der Waals surface area contributed by atoms with Crippen molar-refractivity contribution in [2.45, 2.75) is 19.9 Å². The number of hydrogen-bond donors (Lipinski definition) is 2. The quantitative estimate of drug-likeness (QED) is 0.621. The SMILES string of the molecule is CCc1oc2ccccc2c1CN(C)C(=O)Nc1ccc(N2CCNC(=O)C2)c(Cl)c1. The molecule has 0 aliphatic carbocycles. The second kappa shape index (κ2) is 8.89. The number of halogens is 1. The van der Waals surface area contributed by atoms with Gasteiger partial charge in [0.2, 0.25) is 5.91 Å². The smallest absolute Gasteiger partial charge is 0.321 e. The number of para-hydroxylation sites is 1. The summed E-state index contributed by atoms with van der Waals surface area (Å²) in [6.45, 7) is 4.02. The van der Waals surface area contributed by atoms with Gasteiger partial charge in [0.05, 0.1) is 23.8 Å². The number of anilines is 2. The third-order valence-corrected chi connectivity index (χ3v) is 5.73. The lowest BCUT2D eigenvalue weighted by atomic mass is 10.1. The van der Waals surface area contributed by atoms with E-state index < -0.39 is 0 Å². The van der Waals surface area contributed by atoms with Crippen molar-refractivity contribution in [3.05, 3.63) is 58.8 Å². The van der Waals surface area contributed by atoms with Crippen LogP contribution in [0.2, 0.25) is 5.02 Å². The molecule has 1 aliphatic heterocycles. The van der Waals surface area contributed by atoms with Gasteiger partial charge in [-0.2, -0.15) is 0 Å². The van der Waals surface area contributed by atoms with Crippen LogP contribution in [0.15, 0.2) is 46.9 Å². The van der Waals surface area contributed by atoms with Gasteiger partial charge in [-0.25, -0.2) is 4.79 Å². The van der Waals surface area contributed by atoms with E-state index in [4.69, 9.17) is 16.0 Å². The lowest BCUT2D eigenvalue weighted by Crippen LogP contribution is -2.47. The van der Waals surface area contributed by atoms with Crippen LogP contribution in [0.3, 0.4) is 0 Å². The Morgan fingerprint density at radius 1 is 1.29 bits per heavy atom. The number of hydrogen-bond acceptors (Lipinski definition) is 4. The molecule has 0 atom stereocenters. The van der Waals surface area contributed by atoms with Crippen LogP contribution in [-0.4, -0.2) is 43.5 Å². The van der Waals surface area contributed by atoms with Gasteiger partial charge >= 0.3 is 6.03 Å². The number of amides is 3. The molecule has 7 nitrogen and oxygen atoms in total. The predicted molar refractivity (Wildman–Crippen MR) is 123 cm³/mol. The summed E-state index contributed by atoms with van der Waals surface area (Å²) in [5.41, 5.74) is 3.23. The minimum atomic E-state index is -0.242. The van der Waals surface area contributed by atoms with E-state index in [1.165, 1.54) is 0 Å². The Bertz CT molecular complexity index is 1130. The standard InChI is InChI=1S/C23H25ClN4O3/c1-3-20-17(16-6-4-5-7-21(16)31-20)13-27(2)23(30)26-15-8-9-19(18(24)12-15)28-11-10-25-22(29)14-28/h4-9,12H,3,10-11,13-14H2,1-2H3,(H,25,29)(H,26,30). The fourth-order valence-corrected chi connectivity index (χ4v) is 4.12. The maximum Gasteiger partial charge on any atom is 0.321 e. The first kappa shape index (κ1) is 21.1. The van der Waals surface area contributed by atoms with Gasteiger partial charge in [0.15, 0.2) is 0 Å². The van der Waals surface area contributed by atoms with E-state index in [-0.39, 0.29) is 18.5 Å². The van der Waals surface area contributed by atoms with Crippen LogP contribution < -0.4 is 15.5 Å². The summed E-state index contributed by atoms with van der Waals surface area (Å²) >= 11 is 6.44. The number of nitrogens with zero attached hydrogens (tertiary/aromatic N) is 2.